The molecule has 0 radical (unpaired) electrons. The van der Waals surface area contributed by atoms with Crippen molar-refractivity contribution in [1.82, 2.24) is 30.6 Å². The maximum atomic E-state index is 12.1. The van der Waals surface area contributed by atoms with Crippen molar-refractivity contribution in [3.05, 3.63) is 59.9 Å². The van der Waals surface area contributed by atoms with Crippen molar-refractivity contribution in [2.24, 2.45) is 0 Å². The first-order valence-corrected chi connectivity index (χ1v) is 12.7. The lowest BCUT2D eigenvalue weighted by Gasteiger charge is -2.36. The highest BCUT2D eigenvalue weighted by Crippen LogP contribution is 2.27. The molecule has 3 fully saturated rings. The number of carbonyl (C=O) groups is 1. The minimum Gasteiger partial charge on any atom is -0.424 e. The summed E-state index contributed by atoms with van der Waals surface area (Å²) in [5.74, 6) is 1.08. The molecule has 3 aromatic rings. The number of nitrogens with zero attached hydrogens (tertiary/aromatic N) is 4. The van der Waals surface area contributed by atoms with Crippen molar-refractivity contribution in [2.45, 2.75) is 50.7 Å². The van der Waals surface area contributed by atoms with Gasteiger partial charge in [-0.1, -0.05) is 18.2 Å². The van der Waals surface area contributed by atoms with E-state index in [0.29, 0.717) is 18.0 Å². The number of piperidine rings is 1. The molecule has 0 saturated carbocycles. The van der Waals surface area contributed by atoms with Crippen molar-refractivity contribution in [3.63, 3.8) is 0 Å². The largest absolute Gasteiger partial charge is 0.424 e. The molecular formula is C27H32N6O2. The van der Waals surface area contributed by atoms with E-state index in [1.54, 1.807) is 0 Å². The lowest BCUT2D eigenvalue weighted by molar-refractivity contribution is -0.130. The Kier molecular flexibility index (Phi) is 6.33. The molecule has 1 amide bonds. The van der Waals surface area contributed by atoms with Crippen molar-refractivity contribution >= 4 is 16.7 Å². The Morgan fingerprint density at radius 2 is 1.77 bits per heavy atom. The Hall–Kier alpha value is -3.07. The van der Waals surface area contributed by atoms with E-state index in [-0.39, 0.29) is 6.04 Å². The first-order valence-electron chi connectivity index (χ1n) is 12.7. The fourth-order valence-corrected chi connectivity index (χ4v) is 5.54. The standard InChI is InChI=1S/C27H32N6O2/c34-26-2-1-11-33(26)23-8-12-32(13-9-23)18-19-3-4-21-15-24(6-5-20(21)14-19)35-27-28-16-22(17-29-27)25-7-10-30-31-25/h3-6,14-17,23,25,30-31H,1-2,7-13,18H2. The van der Waals surface area contributed by atoms with Gasteiger partial charge in [-0.3, -0.25) is 20.5 Å². The number of hydrazine groups is 1. The molecule has 8 nitrogen and oxygen atoms in total. The Bertz CT molecular complexity index is 1190. The van der Waals surface area contributed by atoms with Gasteiger partial charge in [-0.2, -0.15) is 0 Å². The molecule has 0 aliphatic carbocycles. The molecular weight excluding hydrogens is 440 g/mol. The summed E-state index contributed by atoms with van der Waals surface area (Å²) in [7, 11) is 0. The Morgan fingerprint density at radius 1 is 0.971 bits per heavy atom. The van der Waals surface area contributed by atoms with Crippen molar-refractivity contribution in [1.29, 1.82) is 0 Å². The number of carbonyl (C=O) groups excluding carboxylic acids is 1. The summed E-state index contributed by atoms with van der Waals surface area (Å²) in [5, 5.41) is 2.33. The quantitative estimate of drug-likeness (QED) is 0.568. The highest BCUT2D eigenvalue weighted by molar-refractivity contribution is 5.84. The van der Waals surface area contributed by atoms with E-state index in [4.69, 9.17) is 4.74 Å². The van der Waals surface area contributed by atoms with Gasteiger partial charge in [0.15, 0.2) is 0 Å². The Morgan fingerprint density at radius 3 is 2.51 bits per heavy atom. The van der Waals surface area contributed by atoms with Crippen LogP contribution >= 0.6 is 0 Å². The van der Waals surface area contributed by atoms with Crippen LogP contribution in [0.2, 0.25) is 0 Å². The highest BCUT2D eigenvalue weighted by atomic mass is 16.5. The smallest absolute Gasteiger partial charge is 0.321 e. The number of nitrogens with one attached hydrogen (secondary N) is 2. The average molecular weight is 473 g/mol. The van der Waals surface area contributed by atoms with Gasteiger partial charge >= 0.3 is 6.01 Å². The molecule has 3 aliphatic heterocycles. The maximum Gasteiger partial charge on any atom is 0.321 e. The van der Waals surface area contributed by atoms with Gasteiger partial charge in [0.25, 0.3) is 0 Å². The van der Waals surface area contributed by atoms with Crippen LogP contribution in [-0.2, 0) is 11.3 Å². The predicted molar refractivity (Wildman–Crippen MR) is 134 cm³/mol. The van der Waals surface area contributed by atoms with Gasteiger partial charge in [0.1, 0.15) is 5.75 Å². The summed E-state index contributed by atoms with van der Waals surface area (Å²) in [6.45, 7) is 4.94. The summed E-state index contributed by atoms with van der Waals surface area (Å²) >= 11 is 0. The molecule has 1 atom stereocenters. The highest BCUT2D eigenvalue weighted by Gasteiger charge is 2.30. The Labute approximate surface area is 205 Å². The zero-order valence-corrected chi connectivity index (χ0v) is 19.9. The number of amides is 1. The van der Waals surface area contributed by atoms with E-state index >= 15 is 0 Å². The molecule has 0 bridgehead atoms. The third kappa shape index (κ3) is 5.00. The van der Waals surface area contributed by atoms with Gasteiger partial charge in [0.05, 0.1) is 6.04 Å². The number of likely N-dealkylation sites (tertiary alicyclic amines) is 2. The normalized spacial score (nSPS) is 21.8. The van der Waals surface area contributed by atoms with Gasteiger partial charge < -0.3 is 9.64 Å². The second-order valence-corrected chi connectivity index (χ2v) is 9.85. The van der Waals surface area contributed by atoms with Crippen molar-refractivity contribution in [2.75, 3.05) is 26.2 Å². The van der Waals surface area contributed by atoms with Gasteiger partial charge in [0.2, 0.25) is 5.91 Å². The van der Waals surface area contributed by atoms with Crippen molar-refractivity contribution < 1.29 is 9.53 Å². The minimum atomic E-state index is 0.250. The number of hydrogen-bond acceptors (Lipinski definition) is 7. The van der Waals surface area contributed by atoms with E-state index in [0.717, 1.165) is 81.5 Å². The molecule has 4 heterocycles. The third-order valence-corrected chi connectivity index (χ3v) is 7.48. The van der Waals surface area contributed by atoms with Crippen LogP contribution in [0, 0.1) is 0 Å². The molecule has 35 heavy (non-hydrogen) atoms. The van der Waals surface area contributed by atoms with Crippen LogP contribution in [0.1, 0.15) is 49.3 Å². The fraction of sp³-hybridized carbons (Fsp3) is 0.444. The van der Waals surface area contributed by atoms with Crippen LogP contribution in [-0.4, -0.2) is 57.9 Å². The van der Waals surface area contributed by atoms with Gasteiger partial charge in [-0.05, 0) is 60.2 Å². The second kappa shape index (κ2) is 9.89. The van der Waals surface area contributed by atoms with Crippen LogP contribution in [0.25, 0.3) is 10.8 Å². The number of aromatic nitrogens is 2. The first kappa shape index (κ1) is 22.4. The topological polar surface area (TPSA) is 82.6 Å². The predicted octanol–water partition coefficient (Wildman–Crippen LogP) is 3.55. The maximum absolute atomic E-state index is 12.1. The molecule has 1 aromatic heterocycles. The molecule has 6 rings (SSSR count). The van der Waals surface area contributed by atoms with Crippen LogP contribution < -0.4 is 15.6 Å². The summed E-state index contributed by atoms with van der Waals surface area (Å²) in [6, 6.07) is 13.8. The van der Waals surface area contributed by atoms with E-state index in [2.05, 4.69) is 54.9 Å². The van der Waals surface area contributed by atoms with Crippen LogP contribution in [0.15, 0.2) is 48.8 Å². The minimum absolute atomic E-state index is 0.250. The van der Waals surface area contributed by atoms with E-state index in [9.17, 15) is 4.79 Å². The molecule has 3 aliphatic rings. The second-order valence-electron chi connectivity index (χ2n) is 9.85. The zero-order valence-electron chi connectivity index (χ0n) is 19.9. The fourth-order valence-electron chi connectivity index (χ4n) is 5.54. The Balaban J connectivity index is 1.06. The van der Waals surface area contributed by atoms with E-state index < -0.39 is 0 Å². The summed E-state index contributed by atoms with van der Waals surface area (Å²) in [6.07, 6.45) is 8.60. The number of hydrogen-bond donors (Lipinski definition) is 2. The SMILES string of the molecule is O=C1CCCN1C1CCN(Cc2ccc3cc(Oc4ncc(C5CCNN5)cn4)ccc3c2)CC1. The lowest BCUT2D eigenvalue weighted by atomic mass is 10.0. The molecule has 3 saturated heterocycles. The van der Waals surface area contributed by atoms with Crippen LogP contribution in [0.4, 0.5) is 0 Å². The van der Waals surface area contributed by atoms with E-state index in [1.165, 1.54) is 10.9 Å². The third-order valence-electron chi connectivity index (χ3n) is 7.48. The number of rotatable bonds is 6. The van der Waals surface area contributed by atoms with Crippen LogP contribution in [0.3, 0.4) is 0 Å². The summed E-state index contributed by atoms with van der Waals surface area (Å²) < 4.78 is 5.92. The number of fused-ring (bicyclic) bond motifs is 1. The van der Waals surface area contributed by atoms with Gasteiger partial charge in [0, 0.05) is 63.1 Å². The summed E-state index contributed by atoms with van der Waals surface area (Å²) in [5.41, 5.74) is 8.72. The first-order chi connectivity index (χ1) is 17.2. The van der Waals surface area contributed by atoms with Crippen molar-refractivity contribution in [3.8, 4) is 11.8 Å². The molecule has 0 spiro atoms. The monoisotopic (exact) mass is 472 g/mol. The average Bonchev–Trinajstić information content (AvgIpc) is 3.57. The molecule has 182 valence electrons. The molecule has 2 N–H and O–H groups in total. The molecule has 2 aromatic carbocycles. The lowest BCUT2D eigenvalue weighted by Crippen LogP contribution is -2.45. The van der Waals surface area contributed by atoms with Gasteiger partial charge in [-0.15, -0.1) is 0 Å². The van der Waals surface area contributed by atoms with Crippen LogP contribution in [0.5, 0.6) is 11.8 Å². The van der Waals surface area contributed by atoms with E-state index in [1.807, 2.05) is 24.5 Å². The summed E-state index contributed by atoms with van der Waals surface area (Å²) in [4.78, 5) is 25.4. The number of benzene rings is 2. The molecule has 1 unspecified atom stereocenters. The zero-order chi connectivity index (χ0) is 23.6. The van der Waals surface area contributed by atoms with Gasteiger partial charge in [-0.25, -0.2) is 9.97 Å². The molecule has 8 heteroatoms. The number of ether oxygens (including phenoxy) is 1.